The minimum Gasteiger partial charge on any atom is -0.508 e. The Labute approximate surface area is 186 Å². The molecule has 0 aliphatic carbocycles. The van der Waals surface area contributed by atoms with Gasteiger partial charge in [0.1, 0.15) is 15.5 Å². The van der Waals surface area contributed by atoms with Crippen LogP contribution in [0.15, 0.2) is 34.1 Å². The van der Waals surface area contributed by atoms with E-state index in [0.29, 0.717) is 24.3 Å². The Hall–Kier alpha value is -2.67. The standard InChI is InChI=1S/C16H13F6NO9S2/c17-15(18,19)14(26,16(20,21)22)2-1-13(25)23-7-3-9-10(11(4-7)33(27,28)29)5-8(24)6-12(9)34(30,31)32/h3-6,24,26H,1-2H2,(H,23,25)(H,27,28,29)(H,30,31,32). The average Bonchev–Trinajstić information content (AvgIpc) is 2.61. The van der Waals surface area contributed by atoms with Gasteiger partial charge in [0.05, 0.1) is 0 Å². The molecule has 0 aliphatic rings. The minimum atomic E-state index is -6.20. The fourth-order valence-corrected chi connectivity index (χ4v) is 4.28. The first kappa shape index (κ1) is 27.6. The van der Waals surface area contributed by atoms with Gasteiger partial charge >= 0.3 is 12.4 Å². The van der Waals surface area contributed by atoms with Crippen molar-refractivity contribution < 1.29 is 67.3 Å². The summed E-state index contributed by atoms with van der Waals surface area (Å²) in [6.45, 7) is 0. The molecule has 0 spiro atoms. The Balaban J connectivity index is 2.55. The lowest BCUT2D eigenvalue weighted by molar-refractivity contribution is -0.369. The van der Waals surface area contributed by atoms with Crippen LogP contribution in [-0.2, 0) is 25.0 Å². The highest BCUT2D eigenvalue weighted by atomic mass is 32.2. The van der Waals surface area contributed by atoms with Gasteiger partial charge in [-0.05, 0) is 18.2 Å². The molecule has 0 saturated carbocycles. The van der Waals surface area contributed by atoms with Gasteiger partial charge in [0.15, 0.2) is 0 Å². The molecule has 0 atom stereocenters. The van der Waals surface area contributed by atoms with Crippen LogP contribution in [0.4, 0.5) is 32.0 Å². The van der Waals surface area contributed by atoms with Crippen LogP contribution in [-0.4, -0.2) is 60.0 Å². The third kappa shape index (κ3) is 5.52. The molecule has 0 saturated heterocycles. The highest BCUT2D eigenvalue weighted by Crippen LogP contribution is 2.46. The summed E-state index contributed by atoms with van der Waals surface area (Å²) in [4.78, 5) is 9.73. The summed E-state index contributed by atoms with van der Waals surface area (Å²) in [6, 6.07) is 2.24. The summed E-state index contributed by atoms with van der Waals surface area (Å²) in [5, 5.41) is 19.1. The number of halogens is 6. The van der Waals surface area contributed by atoms with Gasteiger partial charge in [0, 0.05) is 35.4 Å². The molecular formula is C16H13F6NO9S2. The van der Waals surface area contributed by atoms with E-state index >= 15 is 0 Å². The summed E-state index contributed by atoms with van der Waals surface area (Å²) < 4.78 is 142. The first-order valence-electron chi connectivity index (χ1n) is 8.49. The van der Waals surface area contributed by atoms with Crippen LogP contribution in [0.25, 0.3) is 10.8 Å². The second-order valence-corrected chi connectivity index (χ2v) is 9.65. The number of carbonyl (C=O) groups excluding carboxylic acids is 1. The zero-order valence-electron chi connectivity index (χ0n) is 16.1. The molecule has 2 aromatic carbocycles. The number of amides is 1. The molecule has 34 heavy (non-hydrogen) atoms. The van der Waals surface area contributed by atoms with E-state index in [1.165, 1.54) is 0 Å². The second-order valence-electron chi connectivity index (χ2n) is 6.87. The molecule has 0 bridgehead atoms. The molecular weight excluding hydrogens is 528 g/mol. The minimum absolute atomic E-state index is 0.461. The van der Waals surface area contributed by atoms with Crippen LogP contribution < -0.4 is 5.32 Å². The van der Waals surface area contributed by atoms with Crippen molar-refractivity contribution in [1.29, 1.82) is 0 Å². The van der Waals surface area contributed by atoms with Gasteiger partial charge in [-0.25, -0.2) is 0 Å². The van der Waals surface area contributed by atoms with Crippen molar-refractivity contribution in [1.82, 2.24) is 0 Å². The second kappa shape index (κ2) is 8.52. The summed E-state index contributed by atoms with van der Waals surface area (Å²) in [7, 11) is -10.4. The van der Waals surface area contributed by atoms with Gasteiger partial charge in [-0.3, -0.25) is 13.9 Å². The molecule has 0 unspecified atom stereocenters. The molecule has 2 aromatic rings. The number of hydrogen-bond donors (Lipinski definition) is 5. The number of hydrogen-bond acceptors (Lipinski definition) is 7. The fourth-order valence-electron chi connectivity index (χ4n) is 2.84. The SMILES string of the molecule is O=C(CCC(O)(C(F)(F)F)C(F)(F)F)Nc1cc(S(=O)(=O)O)c2cc(O)cc(S(=O)(=O)O)c2c1. The molecule has 0 radical (unpaired) electrons. The number of phenols is 1. The molecule has 0 fully saturated rings. The molecule has 0 aromatic heterocycles. The smallest absolute Gasteiger partial charge is 0.426 e. The van der Waals surface area contributed by atoms with Crippen LogP contribution in [0.1, 0.15) is 12.8 Å². The van der Waals surface area contributed by atoms with Crippen molar-refractivity contribution in [3.63, 3.8) is 0 Å². The molecule has 1 amide bonds. The van der Waals surface area contributed by atoms with E-state index in [1.807, 2.05) is 0 Å². The van der Waals surface area contributed by atoms with Crippen molar-refractivity contribution in [3.8, 4) is 5.75 Å². The van der Waals surface area contributed by atoms with E-state index < -0.39 is 88.9 Å². The topological polar surface area (TPSA) is 178 Å². The number of phenolic OH excluding ortho intramolecular Hbond substituents is 1. The Morgan fingerprint density at radius 1 is 0.824 bits per heavy atom. The highest BCUT2D eigenvalue weighted by Gasteiger charge is 2.69. The lowest BCUT2D eigenvalue weighted by atomic mass is 9.96. The maximum Gasteiger partial charge on any atom is 0.426 e. The number of aliphatic hydroxyl groups is 1. The van der Waals surface area contributed by atoms with Crippen molar-refractivity contribution in [2.45, 2.75) is 40.6 Å². The number of anilines is 1. The van der Waals surface area contributed by atoms with Gasteiger partial charge in [0.25, 0.3) is 25.8 Å². The molecule has 0 aliphatic heterocycles. The number of rotatable bonds is 6. The van der Waals surface area contributed by atoms with E-state index in [0.717, 1.165) is 0 Å². The van der Waals surface area contributed by atoms with Crippen molar-refractivity contribution in [2.75, 3.05) is 5.32 Å². The predicted octanol–water partition coefficient (Wildman–Crippen LogP) is 2.61. The zero-order valence-corrected chi connectivity index (χ0v) is 17.8. The predicted molar refractivity (Wildman–Crippen MR) is 100 cm³/mol. The summed E-state index contributed by atoms with van der Waals surface area (Å²) in [5.41, 5.74) is -5.97. The maximum absolute atomic E-state index is 12.7. The molecule has 18 heteroatoms. The molecule has 10 nitrogen and oxygen atoms in total. The molecule has 5 N–H and O–H groups in total. The van der Waals surface area contributed by atoms with E-state index in [4.69, 9.17) is 5.11 Å². The Kier molecular flexibility index (Phi) is 6.91. The lowest BCUT2D eigenvalue weighted by Crippen LogP contribution is -2.57. The van der Waals surface area contributed by atoms with E-state index in [-0.39, 0.29) is 0 Å². The molecule has 0 heterocycles. The number of fused-ring (bicyclic) bond motifs is 1. The number of alkyl halides is 6. The summed E-state index contributed by atoms with van der Waals surface area (Å²) in [5.74, 6) is -2.47. The zero-order chi connectivity index (χ0) is 26.5. The van der Waals surface area contributed by atoms with Gasteiger partial charge in [-0.2, -0.15) is 43.2 Å². The van der Waals surface area contributed by atoms with Gasteiger partial charge in [-0.1, -0.05) is 0 Å². The third-order valence-corrected chi connectivity index (χ3v) is 6.26. The molecule has 2 rings (SSSR count). The van der Waals surface area contributed by atoms with Gasteiger partial charge in [0.2, 0.25) is 5.91 Å². The number of aromatic hydroxyl groups is 1. The normalized spacial score (nSPS) is 13.8. The van der Waals surface area contributed by atoms with Crippen LogP contribution in [0.2, 0.25) is 0 Å². The van der Waals surface area contributed by atoms with E-state index in [1.54, 1.807) is 5.32 Å². The van der Waals surface area contributed by atoms with Crippen LogP contribution in [0.5, 0.6) is 5.75 Å². The third-order valence-electron chi connectivity index (χ3n) is 4.47. The monoisotopic (exact) mass is 541 g/mol. The van der Waals surface area contributed by atoms with Gasteiger partial charge < -0.3 is 15.5 Å². The maximum atomic E-state index is 12.7. The fraction of sp³-hybridized carbons (Fsp3) is 0.312. The number of carbonyl (C=O) groups is 1. The summed E-state index contributed by atoms with van der Waals surface area (Å²) >= 11 is 0. The lowest BCUT2D eigenvalue weighted by Gasteiger charge is -2.32. The molecule has 190 valence electrons. The van der Waals surface area contributed by atoms with Crippen molar-refractivity contribution in [3.05, 3.63) is 24.3 Å². The van der Waals surface area contributed by atoms with Crippen molar-refractivity contribution in [2.24, 2.45) is 0 Å². The Morgan fingerprint density at radius 3 is 1.71 bits per heavy atom. The van der Waals surface area contributed by atoms with E-state index in [2.05, 4.69) is 0 Å². The van der Waals surface area contributed by atoms with Crippen molar-refractivity contribution >= 4 is 42.6 Å². The van der Waals surface area contributed by atoms with Gasteiger partial charge in [-0.15, -0.1) is 0 Å². The van der Waals surface area contributed by atoms with E-state index in [9.17, 15) is 62.2 Å². The summed E-state index contributed by atoms with van der Waals surface area (Å²) in [6.07, 6.45) is -16.2. The number of nitrogens with one attached hydrogen (secondary N) is 1. The average molecular weight is 541 g/mol. The number of benzene rings is 2. The van der Waals surface area contributed by atoms with Crippen LogP contribution >= 0.6 is 0 Å². The van der Waals surface area contributed by atoms with Crippen LogP contribution in [0, 0.1) is 0 Å². The van der Waals surface area contributed by atoms with Crippen LogP contribution in [0.3, 0.4) is 0 Å². The first-order chi connectivity index (χ1) is 15.1. The quantitative estimate of drug-likeness (QED) is 0.272. The Bertz CT molecular complexity index is 1340. The first-order valence-corrected chi connectivity index (χ1v) is 11.4. The largest absolute Gasteiger partial charge is 0.508 e. The Morgan fingerprint density at radius 2 is 1.26 bits per heavy atom. The highest BCUT2D eigenvalue weighted by molar-refractivity contribution is 7.86.